The van der Waals surface area contributed by atoms with Crippen molar-refractivity contribution in [2.75, 3.05) is 18.5 Å². The minimum Gasteiger partial charge on any atom is -0.482 e. The van der Waals surface area contributed by atoms with Crippen LogP contribution in [0, 0.1) is 0 Å². The van der Waals surface area contributed by atoms with Crippen molar-refractivity contribution >= 4 is 58.1 Å². The molecule has 0 unspecified atom stereocenters. The number of thioether (sulfide) groups is 1. The summed E-state index contributed by atoms with van der Waals surface area (Å²) in [6, 6.07) is 13.7. The van der Waals surface area contributed by atoms with Gasteiger partial charge < -0.3 is 14.8 Å². The number of anilines is 1. The fourth-order valence-corrected chi connectivity index (χ4v) is 3.96. The van der Waals surface area contributed by atoms with E-state index in [0.717, 1.165) is 16.7 Å². The van der Waals surface area contributed by atoms with Gasteiger partial charge in [0.15, 0.2) is 6.61 Å². The van der Waals surface area contributed by atoms with Crippen molar-refractivity contribution in [3.63, 3.8) is 0 Å². The summed E-state index contributed by atoms with van der Waals surface area (Å²) in [5.41, 5.74) is 0.476. The van der Waals surface area contributed by atoms with Crippen LogP contribution in [0.25, 0.3) is 6.08 Å². The summed E-state index contributed by atoms with van der Waals surface area (Å²) in [7, 11) is 0. The number of imide groups is 1. The maximum Gasteiger partial charge on any atom is 0.326 e. The molecule has 1 N–H and O–H groups in total. The molecule has 0 aromatic heterocycles. The summed E-state index contributed by atoms with van der Waals surface area (Å²) in [4.78, 5) is 49.9. The van der Waals surface area contributed by atoms with Crippen LogP contribution in [0.4, 0.5) is 10.5 Å². The summed E-state index contributed by atoms with van der Waals surface area (Å²) in [5.74, 6) is -1.31. The van der Waals surface area contributed by atoms with Gasteiger partial charge in [0.1, 0.15) is 17.9 Å². The van der Waals surface area contributed by atoms with Gasteiger partial charge in [-0.05, 0) is 68.4 Å². The number of carbonyl (C=O) groups excluding carboxylic acids is 4. The van der Waals surface area contributed by atoms with E-state index < -0.39 is 29.3 Å². The number of carbonyl (C=O) groups is 4. The molecule has 0 atom stereocenters. The van der Waals surface area contributed by atoms with Crippen molar-refractivity contribution in [2.24, 2.45) is 0 Å². The number of amides is 3. The Balaban J connectivity index is 1.61. The Bertz CT molecular complexity index is 1140. The summed E-state index contributed by atoms with van der Waals surface area (Å²) in [6.07, 6.45) is 1.50. The number of nitrogens with one attached hydrogen (secondary N) is 1. The average molecular weight is 503 g/mol. The molecule has 8 nitrogen and oxygen atoms in total. The molecule has 1 aliphatic rings. The number of benzene rings is 2. The first-order chi connectivity index (χ1) is 16.0. The van der Waals surface area contributed by atoms with Crippen molar-refractivity contribution in [1.29, 1.82) is 0 Å². The van der Waals surface area contributed by atoms with Crippen molar-refractivity contribution < 1.29 is 28.7 Å². The van der Waals surface area contributed by atoms with Crippen LogP contribution >= 0.6 is 23.4 Å². The molecule has 3 rings (SSSR count). The average Bonchev–Trinajstić information content (AvgIpc) is 3.00. The van der Waals surface area contributed by atoms with Gasteiger partial charge in [-0.15, -0.1) is 0 Å². The predicted octanol–water partition coefficient (Wildman–Crippen LogP) is 4.74. The third-order valence-electron chi connectivity index (χ3n) is 4.25. The van der Waals surface area contributed by atoms with E-state index in [9.17, 15) is 19.2 Å². The van der Waals surface area contributed by atoms with Crippen molar-refractivity contribution in [3.8, 4) is 5.75 Å². The predicted molar refractivity (Wildman–Crippen MR) is 131 cm³/mol. The Kier molecular flexibility index (Phi) is 8.01. The lowest BCUT2D eigenvalue weighted by atomic mass is 10.2. The number of halogens is 1. The standard InChI is InChI=1S/C24H23ClN2O6S/c1-24(2,3)33-21(29)13-27-22(30)19(34-23(27)31)12-15-9-10-18(17(25)11-15)32-14-20(28)26-16-7-5-4-6-8-16/h4-12H,13-14H2,1-3H3,(H,26,28). The molecule has 2 aromatic carbocycles. The molecule has 1 aliphatic heterocycles. The molecule has 1 fully saturated rings. The molecule has 10 heteroatoms. The monoisotopic (exact) mass is 502 g/mol. The van der Waals surface area contributed by atoms with E-state index in [1.54, 1.807) is 63.2 Å². The Morgan fingerprint density at radius 1 is 1.12 bits per heavy atom. The van der Waals surface area contributed by atoms with Gasteiger partial charge in [-0.25, -0.2) is 0 Å². The third-order valence-corrected chi connectivity index (χ3v) is 5.45. The van der Waals surface area contributed by atoms with Gasteiger partial charge in [-0.3, -0.25) is 24.1 Å². The van der Waals surface area contributed by atoms with E-state index in [2.05, 4.69) is 5.32 Å². The molecule has 34 heavy (non-hydrogen) atoms. The lowest BCUT2D eigenvalue weighted by molar-refractivity contribution is -0.156. The Hall–Kier alpha value is -3.30. The van der Waals surface area contributed by atoms with E-state index in [0.29, 0.717) is 17.0 Å². The number of esters is 1. The Morgan fingerprint density at radius 3 is 2.47 bits per heavy atom. The van der Waals surface area contributed by atoms with E-state index in [-0.39, 0.29) is 22.4 Å². The molecule has 0 radical (unpaired) electrons. The van der Waals surface area contributed by atoms with Crippen LogP contribution < -0.4 is 10.1 Å². The highest BCUT2D eigenvalue weighted by Crippen LogP contribution is 2.34. The number of ether oxygens (including phenoxy) is 2. The smallest absolute Gasteiger partial charge is 0.326 e. The minimum absolute atomic E-state index is 0.153. The second-order valence-corrected chi connectivity index (χ2v) is 9.65. The first kappa shape index (κ1) is 25.3. The highest BCUT2D eigenvalue weighted by molar-refractivity contribution is 8.18. The largest absolute Gasteiger partial charge is 0.482 e. The van der Waals surface area contributed by atoms with Crippen LogP contribution in [0.5, 0.6) is 5.75 Å². The van der Waals surface area contributed by atoms with E-state index in [4.69, 9.17) is 21.1 Å². The third kappa shape index (κ3) is 7.10. The van der Waals surface area contributed by atoms with Crippen LogP contribution in [0.15, 0.2) is 53.4 Å². The number of hydrogen-bond donors (Lipinski definition) is 1. The second kappa shape index (κ2) is 10.8. The topological polar surface area (TPSA) is 102 Å². The highest BCUT2D eigenvalue weighted by atomic mass is 35.5. The first-order valence-corrected chi connectivity index (χ1v) is 11.5. The number of hydrogen-bond acceptors (Lipinski definition) is 7. The fraction of sp³-hybridized carbons (Fsp3) is 0.250. The Morgan fingerprint density at radius 2 is 1.82 bits per heavy atom. The van der Waals surface area contributed by atoms with Gasteiger partial charge in [-0.2, -0.15) is 0 Å². The molecule has 0 aliphatic carbocycles. The summed E-state index contributed by atoms with van der Waals surface area (Å²) < 4.78 is 10.7. The summed E-state index contributed by atoms with van der Waals surface area (Å²) in [6.45, 7) is 4.40. The molecule has 178 valence electrons. The van der Waals surface area contributed by atoms with E-state index >= 15 is 0 Å². The fourth-order valence-electron chi connectivity index (χ4n) is 2.88. The lowest BCUT2D eigenvalue weighted by Crippen LogP contribution is -2.37. The van der Waals surface area contributed by atoms with Gasteiger partial charge in [0.05, 0.1) is 9.93 Å². The normalized spacial score (nSPS) is 14.9. The van der Waals surface area contributed by atoms with Gasteiger partial charge in [0.25, 0.3) is 17.1 Å². The maximum atomic E-state index is 12.6. The summed E-state index contributed by atoms with van der Waals surface area (Å²) >= 11 is 6.99. The number of nitrogens with zero attached hydrogens (tertiary/aromatic N) is 1. The minimum atomic E-state index is -0.725. The summed E-state index contributed by atoms with van der Waals surface area (Å²) in [5, 5.41) is 2.38. The second-order valence-electron chi connectivity index (χ2n) is 8.25. The van der Waals surface area contributed by atoms with Crippen molar-refractivity contribution in [2.45, 2.75) is 26.4 Å². The van der Waals surface area contributed by atoms with Crippen LogP contribution in [-0.4, -0.2) is 46.7 Å². The van der Waals surface area contributed by atoms with E-state index in [1.807, 2.05) is 6.07 Å². The molecule has 3 amide bonds. The van der Waals surface area contributed by atoms with Crippen LogP contribution in [0.3, 0.4) is 0 Å². The number of para-hydroxylation sites is 1. The quantitative estimate of drug-likeness (QED) is 0.431. The van der Waals surface area contributed by atoms with Crippen LogP contribution in [-0.2, 0) is 19.1 Å². The van der Waals surface area contributed by atoms with Gasteiger partial charge in [0, 0.05) is 5.69 Å². The highest BCUT2D eigenvalue weighted by Gasteiger charge is 2.37. The zero-order chi connectivity index (χ0) is 24.9. The van der Waals surface area contributed by atoms with Crippen LogP contribution in [0.1, 0.15) is 26.3 Å². The molecule has 1 heterocycles. The molecule has 0 bridgehead atoms. The van der Waals surface area contributed by atoms with Gasteiger partial charge >= 0.3 is 5.97 Å². The maximum absolute atomic E-state index is 12.6. The lowest BCUT2D eigenvalue weighted by Gasteiger charge is -2.21. The molecule has 1 saturated heterocycles. The van der Waals surface area contributed by atoms with Crippen molar-refractivity contribution in [3.05, 3.63) is 64.0 Å². The molecular formula is C24H23ClN2O6S. The van der Waals surface area contributed by atoms with Gasteiger partial charge in [0.2, 0.25) is 0 Å². The zero-order valence-corrected chi connectivity index (χ0v) is 20.4. The molecular weight excluding hydrogens is 480 g/mol. The van der Waals surface area contributed by atoms with Crippen LogP contribution in [0.2, 0.25) is 5.02 Å². The molecule has 2 aromatic rings. The first-order valence-electron chi connectivity index (χ1n) is 10.3. The number of rotatable bonds is 7. The van der Waals surface area contributed by atoms with E-state index in [1.165, 1.54) is 6.08 Å². The van der Waals surface area contributed by atoms with Crippen molar-refractivity contribution in [1.82, 2.24) is 4.90 Å². The zero-order valence-electron chi connectivity index (χ0n) is 18.8. The Labute approximate surface area is 206 Å². The molecule has 0 spiro atoms. The molecule has 0 saturated carbocycles. The SMILES string of the molecule is CC(C)(C)OC(=O)CN1C(=O)SC(=Cc2ccc(OCC(=O)Nc3ccccc3)c(Cl)c2)C1=O. The van der Waals surface area contributed by atoms with Gasteiger partial charge in [-0.1, -0.05) is 35.9 Å².